The molecule has 0 spiro atoms. The number of aromatic nitrogens is 4. The Labute approximate surface area is 144 Å². The predicted octanol–water partition coefficient (Wildman–Crippen LogP) is 0.502. The highest BCUT2D eigenvalue weighted by Gasteiger charge is 2.27. The Balaban J connectivity index is 2.02. The van der Waals surface area contributed by atoms with Crippen molar-refractivity contribution in [2.24, 2.45) is 0 Å². The minimum Gasteiger partial charge on any atom is -0.339 e. The van der Waals surface area contributed by atoms with Gasteiger partial charge in [0.1, 0.15) is 0 Å². The van der Waals surface area contributed by atoms with Gasteiger partial charge in [-0.05, 0) is 12.0 Å². The Morgan fingerprint density at radius 2 is 1.88 bits per heavy atom. The van der Waals surface area contributed by atoms with Crippen molar-refractivity contribution in [3.63, 3.8) is 0 Å². The molecule has 0 aliphatic rings. The van der Waals surface area contributed by atoms with Gasteiger partial charge < -0.3 is 4.98 Å². The van der Waals surface area contributed by atoms with Crippen LogP contribution in [0.1, 0.15) is 5.56 Å². The van der Waals surface area contributed by atoms with Crippen molar-refractivity contribution in [1.29, 1.82) is 0 Å². The normalized spacial score (nSPS) is 12.0. The molecule has 2 N–H and O–H groups in total. The molecule has 3 rings (SSSR count). The topological polar surface area (TPSA) is 115 Å². The number of nitrogens with one attached hydrogen (secondary N) is 2. The van der Waals surface area contributed by atoms with Crippen molar-refractivity contribution in [2.75, 3.05) is 24.9 Å². The lowest BCUT2D eigenvalue weighted by molar-refractivity contribution is 0.514. The average molecular weight is 362 g/mol. The molecule has 9 nitrogen and oxygen atoms in total. The zero-order chi connectivity index (χ0) is 18.0. The fourth-order valence-corrected chi connectivity index (χ4v) is 3.37. The van der Waals surface area contributed by atoms with Gasteiger partial charge in [-0.15, -0.1) is 0 Å². The molecule has 0 saturated carbocycles. The Morgan fingerprint density at radius 1 is 1.16 bits per heavy atom. The van der Waals surface area contributed by atoms with Gasteiger partial charge in [0.2, 0.25) is 5.95 Å². The largest absolute Gasteiger partial charge is 0.339 e. The summed E-state index contributed by atoms with van der Waals surface area (Å²) in [5, 5.41) is 0. The molecule has 2 aromatic heterocycles. The summed E-state index contributed by atoms with van der Waals surface area (Å²) in [7, 11) is -0.981. The number of nitrogens with zero attached hydrogens (tertiary/aromatic N) is 4. The van der Waals surface area contributed by atoms with E-state index in [0.29, 0.717) is 6.42 Å². The zero-order valence-electron chi connectivity index (χ0n) is 13.8. The number of hydrogen-bond donors (Lipinski definition) is 2. The highest BCUT2D eigenvalue weighted by Crippen LogP contribution is 2.16. The van der Waals surface area contributed by atoms with E-state index in [1.54, 1.807) is 0 Å². The fourth-order valence-electron chi connectivity index (χ4n) is 2.35. The van der Waals surface area contributed by atoms with E-state index in [2.05, 4.69) is 19.9 Å². The van der Waals surface area contributed by atoms with E-state index >= 15 is 0 Å². The lowest BCUT2D eigenvalue weighted by atomic mass is 10.1. The van der Waals surface area contributed by atoms with E-state index in [4.69, 9.17) is 0 Å². The van der Waals surface area contributed by atoms with Crippen LogP contribution in [0.15, 0.2) is 41.5 Å². The zero-order valence-corrected chi connectivity index (χ0v) is 14.6. The van der Waals surface area contributed by atoms with Crippen molar-refractivity contribution in [3.8, 4) is 0 Å². The summed E-state index contributed by atoms with van der Waals surface area (Å²) in [5.41, 5.74) is 0.868. The summed E-state index contributed by atoms with van der Waals surface area (Å²) < 4.78 is 27.6. The van der Waals surface area contributed by atoms with E-state index in [0.717, 1.165) is 14.2 Å². The van der Waals surface area contributed by atoms with Gasteiger partial charge in [0.05, 0.1) is 6.33 Å². The number of aromatic amines is 2. The molecule has 0 unspecified atom stereocenters. The average Bonchev–Trinajstić information content (AvgIpc) is 3.05. The number of fused-ring (bicyclic) bond motifs is 1. The van der Waals surface area contributed by atoms with Crippen molar-refractivity contribution in [1.82, 2.24) is 24.2 Å². The van der Waals surface area contributed by atoms with Crippen LogP contribution in [-0.2, 0) is 16.6 Å². The molecule has 10 heteroatoms. The van der Waals surface area contributed by atoms with Crippen LogP contribution in [0.3, 0.4) is 0 Å². The van der Waals surface area contributed by atoms with E-state index in [1.165, 1.54) is 20.4 Å². The van der Waals surface area contributed by atoms with Gasteiger partial charge in [0, 0.05) is 20.6 Å². The van der Waals surface area contributed by atoms with E-state index in [-0.39, 0.29) is 23.7 Å². The molecule has 132 valence electrons. The van der Waals surface area contributed by atoms with E-state index < -0.39 is 15.8 Å². The molecule has 0 radical (unpaired) electrons. The van der Waals surface area contributed by atoms with Gasteiger partial charge in [-0.2, -0.15) is 17.7 Å². The second kappa shape index (κ2) is 6.65. The van der Waals surface area contributed by atoms with Crippen LogP contribution in [-0.4, -0.2) is 53.3 Å². The molecule has 0 amide bonds. The molecule has 0 bridgehead atoms. The molecule has 0 fully saturated rings. The van der Waals surface area contributed by atoms with Gasteiger partial charge >= 0.3 is 10.2 Å². The van der Waals surface area contributed by atoms with Crippen molar-refractivity contribution in [3.05, 3.63) is 52.6 Å². The molecule has 0 saturated heterocycles. The summed E-state index contributed by atoms with van der Waals surface area (Å²) in [6.45, 7) is 0.128. The molecule has 0 aliphatic heterocycles. The standard InChI is InChI=1S/C15H18N6O3S/c1-20(2)25(23,24)21(9-8-11-6-4-3-5-7-11)15-18-13-12(14(22)19-15)16-10-17-13/h3-7,10H,8-9H2,1-2H3,(H2,16,17,18,19,22). The van der Waals surface area contributed by atoms with Crippen LogP contribution < -0.4 is 9.86 Å². The smallest absolute Gasteiger partial charge is 0.305 e. The Kier molecular flexibility index (Phi) is 4.55. The number of benzene rings is 1. The number of H-pyrrole nitrogens is 2. The summed E-state index contributed by atoms with van der Waals surface area (Å²) in [4.78, 5) is 25.5. The SMILES string of the molecule is CN(C)S(=O)(=O)N(CCc1ccccc1)c1nc2nc[nH]c2c(=O)[nH]1. The molecule has 0 atom stereocenters. The summed E-state index contributed by atoms with van der Waals surface area (Å²) in [6, 6.07) is 9.48. The first-order valence-corrected chi connectivity index (χ1v) is 8.97. The molecule has 2 heterocycles. The molecule has 1 aromatic carbocycles. The maximum Gasteiger partial charge on any atom is 0.305 e. The van der Waals surface area contributed by atoms with Gasteiger partial charge in [-0.25, -0.2) is 9.29 Å². The minimum atomic E-state index is -3.83. The Bertz CT molecular complexity index is 1030. The molecular weight excluding hydrogens is 344 g/mol. The second-order valence-corrected chi connectivity index (χ2v) is 7.66. The van der Waals surface area contributed by atoms with Gasteiger partial charge in [-0.1, -0.05) is 30.3 Å². The van der Waals surface area contributed by atoms with Gasteiger partial charge in [0.15, 0.2) is 11.2 Å². The minimum absolute atomic E-state index is 0.0609. The summed E-state index contributed by atoms with van der Waals surface area (Å²) >= 11 is 0. The number of hydrogen-bond acceptors (Lipinski definition) is 5. The molecule has 25 heavy (non-hydrogen) atoms. The van der Waals surface area contributed by atoms with E-state index in [1.807, 2.05) is 30.3 Å². The quantitative estimate of drug-likeness (QED) is 0.663. The first-order chi connectivity index (χ1) is 11.9. The van der Waals surface area contributed by atoms with Crippen LogP contribution in [0.4, 0.5) is 5.95 Å². The predicted molar refractivity (Wildman–Crippen MR) is 94.6 cm³/mol. The lowest BCUT2D eigenvalue weighted by Crippen LogP contribution is -2.42. The van der Waals surface area contributed by atoms with Crippen LogP contribution in [0.25, 0.3) is 11.2 Å². The van der Waals surface area contributed by atoms with Crippen LogP contribution in [0.5, 0.6) is 0 Å². The first-order valence-electron chi connectivity index (χ1n) is 7.57. The maximum absolute atomic E-state index is 12.7. The fraction of sp³-hybridized carbons (Fsp3) is 0.267. The van der Waals surface area contributed by atoms with Crippen molar-refractivity contribution < 1.29 is 8.42 Å². The van der Waals surface area contributed by atoms with Crippen molar-refractivity contribution in [2.45, 2.75) is 6.42 Å². The highest BCUT2D eigenvalue weighted by molar-refractivity contribution is 7.90. The second-order valence-electron chi connectivity index (χ2n) is 5.59. The number of anilines is 1. The third kappa shape index (κ3) is 3.39. The third-order valence-corrected chi connectivity index (χ3v) is 5.54. The Morgan fingerprint density at radius 3 is 2.56 bits per heavy atom. The Hall–Kier alpha value is -2.72. The maximum atomic E-state index is 12.7. The molecular formula is C15H18N6O3S. The highest BCUT2D eigenvalue weighted by atomic mass is 32.2. The number of rotatable bonds is 6. The van der Waals surface area contributed by atoms with Crippen LogP contribution in [0.2, 0.25) is 0 Å². The number of imidazole rings is 1. The van der Waals surface area contributed by atoms with Gasteiger partial charge in [0.25, 0.3) is 5.56 Å². The lowest BCUT2D eigenvalue weighted by Gasteiger charge is -2.25. The summed E-state index contributed by atoms with van der Waals surface area (Å²) in [5.74, 6) is -0.0609. The van der Waals surface area contributed by atoms with Gasteiger partial charge in [-0.3, -0.25) is 9.78 Å². The van der Waals surface area contributed by atoms with Crippen molar-refractivity contribution >= 4 is 27.3 Å². The molecule has 3 aromatic rings. The monoisotopic (exact) mass is 362 g/mol. The van der Waals surface area contributed by atoms with E-state index in [9.17, 15) is 13.2 Å². The summed E-state index contributed by atoms with van der Waals surface area (Å²) in [6.07, 6.45) is 1.81. The van der Waals surface area contributed by atoms with Crippen LogP contribution >= 0.6 is 0 Å². The third-order valence-electron chi connectivity index (χ3n) is 3.71. The van der Waals surface area contributed by atoms with Crippen LogP contribution in [0, 0.1) is 0 Å². The first kappa shape index (κ1) is 17.1. The molecule has 0 aliphatic carbocycles.